The number of hydrogen-bond acceptors (Lipinski definition) is 3. The Bertz CT molecular complexity index is 575. The van der Waals surface area contributed by atoms with Crippen LogP contribution in [0.15, 0.2) is 42.6 Å². The van der Waals surface area contributed by atoms with E-state index in [2.05, 4.69) is 15.0 Å². The number of halogens is 3. The number of para-hydroxylation sites is 1. The fourth-order valence-corrected chi connectivity index (χ4v) is 1.87. The van der Waals surface area contributed by atoms with Crippen LogP contribution in [-0.4, -0.2) is 11.6 Å². The molecule has 2 aromatic rings. The molecule has 0 aliphatic rings. The van der Waals surface area contributed by atoms with E-state index < -0.39 is 12.4 Å². The quantitative estimate of drug-likeness (QED) is 0.883. The van der Waals surface area contributed by atoms with Crippen molar-refractivity contribution in [2.24, 2.45) is 0 Å². The van der Waals surface area contributed by atoms with Crippen LogP contribution in [0, 0.1) is 5.82 Å². The molecular formula is C15H15F3N2O. The lowest BCUT2D eigenvalue weighted by Gasteiger charge is -2.15. The van der Waals surface area contributed by atoms with Gasteiger partial charge in [0.2, 0.25) is 0 Å². The van der Waals surface area contributed by atoms with Crippen molar-refractivity contribution < 1.29 is 17.9 Å². The van der Waals surface area contributed by atoms with Crippen LogP contribution in [-0.2, 0) is 6.54 Å². The zero-order valence-corrected chi connectivity index (χ0v) is 11.4. The van der Waals surface area contributed by atoms with Crippen LogP contribution in [0.5, 0.6) is 5.75 Å². The van der Waals surface area contributed by atoms with Crippen molar-refractivity contribution in [3.05, 3.63) is 59.7 Å². The second kappa shape index (κ2) is 7.08. The van der Waals surface area contributed by atoms with Crippen molar-refractivity contribution in [3.8, 4) is 5.75 Å². The standard InChI is InChI=1S/C15H15F3N2O/c1-10(13-7-6-12(16)9-20-13)19-8-11-4-2-3-5-14(11)21-15(17)18/h2-7,9-10,15,19H,8H2,1H3. The first-order chi connectivity index (χ1) is 10.1. The monoisotopic (exact) mass is 296 g/mol. The van der Waals surface area contributed by atoms with E-state index in [0.717, 1.165) is 6.20 Å². The Balaban J connectivity index is 2.01. The molecule has 1 N–H and O–H groups in total. The molecule has 1 aromatic heterocycles. The van der Waals surface area contributed by atoms with Crippen molar-refractivity contribution in [1.82, 2.24) is 10.3 Å². The van der Waals surface area contributed by atoms with Crippen molar-refractivity contribution >= 4 is 0 Å². The first-order valence-electron chi connectivity index (χ1n) is 6.44. The third kappa shape index (κ3) is 4.46. The highest BCUT2D eigenvalue weighted by molar-refractivity contribution is 5.33. The van der Waals surface area contributed by atoms with E-state index in [1.807, 2.05) is 6.92 Å². The Labute approximate surface area is 120 Å². The fraction of sp³-hybridized carbons (Fsp3) is 0.267. The summed E-state index contributed by atoms with van der Waals surface area (Å²) in [7, 11) is 0. The molecule has 1 atom stereocenters. The average molecular weight is 296 g/mol. The van der Waals surface area contributed by atoms with Gasteiger partial charge in [0.1, 0.15) is 11.6 Å². The number of hydrogen-bond donors (Lipinski definition) is 1. The molecule has 6 heteroatoms. The van der Waals surface area contributed by atoms with Gasteiger partial charge >= 0.3 is 6.61 Å². The Kier molecular flexibility index (Phi) is 5.16. The largest absolute Gasteiger partial charge is 0.434 e. The molecule has 112 valence electrons. The molecule has 0 fully saturated rings. The third-order valence-corrected chi connectivity index (χ3v) is 2.98. The van der Waals surface area contributed by atoms with E-state index in [4.69, 9.17) is 0 Å². The third-order valence-electron chi connectivity index (χ3n) is 2.98. The highest BCUT2D eigenvalue weighted by atomic mass is 19.3. The normalized spacial score (nSPS) is 12.4. The summed E-state index contributed by atoms with van der Waals surface area (Å²) in [6.07, 6.45) is 1.14. The van der Waals surface area contributed by atoms with Crippen LogP contribution in [0.4, 0.5) is 13.2 Å². The van der Waals surface area contributed by atoms with E-state index in [1.165, 1.54) is 12.1 Å². The van der Waals surface area contributed by atoms with Crippen LogP contribution >= 0.6 is 0 Å². The van der Waals surface area contributed by atoms with Gasteiger partial charge in [-0.1, -0.05) is 18.2 Å². The molecule has 0 saturated heterocycles. The van der Waals surface area contributed by atoms with Crippen molar-refractivity contribution in [1.29, 1.82) is 0 Å². The molecule has 21 heavy (non-hydrogen) atoms. The maximum absolute atomic E-state index is 12.8. The van der Waals surface area contributed by atoms with E-state index in [-0.39, 0.29) is 11.8 Å². The van der Waals surface area contributed by atoms with Crippen molar-refractivity contribution in [2.45, 2.75) is 26.1 Å². The van der Waals surface area contributed by atoms with Gasteiger partial charge in [-0.15, -0.1) is 0 Å². The Morgan fingerprint density at radius 3 is 2.62 bits per heavy atom. The summed E-state index contributed by atoms with van der Waals surface area (Å²) in [6.45, 7) is -0.665. The molecule has 1 aromatic carbocycles. The first-order valence-corrected chi connectivity index (χ1v) is 6.44. The van der Waals surface area contributed by atoms with Crippen molar-refractivity contribution in [3.63, 3.8) is 0 Å². The van der Waals surface area contributed by atoms with Gasteiger partial charge in [0.15, 0.2) is 0 Å². The average Bonchev–Trinajstić information content (AvgIpc) is 2.46. The summed E-state index contributed by atoms with van der Waals surface area (Å²) in [5, 5.41) is 3.14. The summed E-state index contributed by atoms with van der Waals surface area (Å²) >= 11 is 0. The zero-order chi connectivity index (χ0) is 15.2. The first kappa shape index (κ1) is 15.3. The van der Waals surface area contributed by atoms with Gasteiger partial charge in [-0.25, -0.2) is 4.39 Å². The van der Waals surface area contributed by atoms with Gasteiger partial charge in [0.05, 0.1) is 11.9 Å². The maximum Gasteiger partial charge on any atom is 0.387 e. The lowest BCUT2D eigenvalue weighted by Crippen LogP contribution is -2.20. The number of nitrogens with one attached hydrogen (secondary N) is 1. The summed E-state index contributed by atoms with van der Waals surface area (Å²) < 4.78 is 41.9. The second-order valence-electron chi connectivity index (χ2n) is 4.49. The Hall–Kier alpha value is -2.08. The Morgan fingerprint density at radius 1 is 1.19 bits per heavy atom. The molecule has 0 spiro atoms. The topological polar surface area (TPSA) is 34.1 Å². The number of alkyl halides is 2. The summed E-state index contributed by atoms with van der Waals surface area (Å²) in [5.41, 5.74) is 1.29. The van der Waals surface area contributed by atoms with Crippen LogP contribution < -0.4 is 10.1 Å². The highest BCUT2D eigenvalue weighted by Crippen LogP contribution is 2.21. The molecule has 0 amide bonds. The number of nitrogens with zero attached hydrogens (tertiary/aromatic N) is 1. The number of aromatic nitrogens is 1. The van der Waals surface area contributed by atoms with Gasteiger partial charge in [-0.3, -0.25) is 4.98 Å². The summed E-state index contributed by atoms with van der Waals surface area (Å²) in [5.74, 6) is -0.263. The molecule has 0 aliphatic carbocycles. The van der Waals surface area contributed by atoms with Crippen LogP contribution in [0.2, 0.25) is 0 Å². The molecule has 0 bridgehead atoms. The number of benzene rings is 1. The van der Waals surface area contributed by atoms with Gasteiger partial charge in [0.25, 0.3) is 0 Å². The van der Waals surface area contributed by atoms with Gasteiger partial charge in [-0.05, 0) is 25.1 Å². The molecule has 0 aliphatic heterocycles. The number of pyridine rings is 1. The molecule has 0 saturated carbocycles. The Morgan fingerprint density at radius 2 is 1.95 bits per heavy atom. The minimum atomic E-state index is -2.86. The van der Waals surface area contributed by atoms with Gasteiger partial charge in [0, 0.05) is 18.2 Å². The molecule has 3 nitrogen and oxygen atoms in total. The second-order valence-corrected chi connectivity index (χ2v) is 4.49. The molecule has 0 radical (unpaired) electrons. The SMILES string of the molecule is CC(NCc1ccccc1OC(F)F)c1ccc(F)cn1. The minimum absolute atomic E-state index is 0.138. The molecule has 2 rings (SSSR count). The lowest BCUT2D eigenvalue weighted by molar-refractivity contribution is -0.0505. The number of rotatable bonds is 6. The van der Waals surface area contributed by atoms with Gasteiger partial charge < -0.3 is 10.1 Å². The minimum Gasteiger partial charge on any atom is -0.434 e. The fourth-order valence-electron chi connectivity index (χ4n) is 1.87. The predicted octanol–water partition coefficient (Wildman–Crippen LogP) is 3.67. The smallest absolute Gasteiger partial charge is 0.387 e. The van der Waals surface area contributed by atoms with Crippen LogP contribution in [0.3, 0.4) is 0 Å². The van der Waals surface area contributed by atoms with Crippen LogP contribution in [0.25, 0.3) is 0 Å². The maximum atomic E-state index is 12.8. The van der Waals surface area contributed by atoms with E-state index in [1.54, 1.807) is 24.3 Å². The summed E-state index contributed by atoms with van der Waals surface area (Å²) in [6, 6.07) is 9.33. The van der Waals surface area contributed by atoms with Crippen molar-refractivity contribution in [2.75, 3.05) is 0 Å². The van der Waals surface area contributed by atoms with E-state index >= 15 is 0 Å². The zero-order valence-electron chi connectivity index (χ0n) is 11.4. The van der Waals surface area contributed by atoms with Crippen LogP contribution in [0.1, 0.15) is 24.2 Å². The lowest BCUT2D eigenvalue weighted by atomic mass is 10.1. The highest BCUT2D eigenvalue weighted by Gasteiger charge is 2.11. The summed E-state index contributed by atoms with van der Waals surface area (Å²) in [4.78, 5) is 3.97. The molecular weight excluding hydrogens is 281 g/mol. The predicted molar refractivity (Wildman–Crippen MR) is 72.5 cm³/mol. The van der Waals surface area contributed by atoms with E-state index in [0.29, 0.717) is 17.8 Å². The molecule has 1 heterocycles. The van der Waals surface area contributed by atoms with Gasteiger partial charge in [-0.2, -0.15) is 8.78 Å². The number of ether oxygens (including phenoxy) is 1. The molecule has 1 unspecified atom stereocenters. The van der Waals surface area contributed by atoms with E-state index in [9.17, 15) is 13.2 Å².